The van der Waals surface area contributed by atoms with Crippen molar-refractivity contribution in [3.05, 3.63) is 117 Å². The van der Waals surface area contributed by atoms with Crippen LogP contribution in [0.25, 0.3) is 22.3 Å². The molecule has 6 heteroatoms. The Kier molecular flexibility index (Phi) is 4.73. The molecular formula is C26H18ClNO4. The molecule has 1 aliphatic rings. The van der Waals surface area contributed by atoms with Gasteiger partial charge in [-0.3, -0.25) is 10.1 Å². The van der Waals surface area contributed by atoms with Crippen LogP contribution in [0.5, 0.6) is 5.75 Å². The molecule has 1 N–H and O–H groups in total. The lowest BCUT2D eigenvalue weighted by Crippen LogP contribution is -2.27. The molecule has 0 amide bonds. The molecule has 0 aliphatic heterocycles. The average molecular weight is 444 g/mol. The van der Waals surface area contributed by atoms with Gasteiger partial charge >= 0.3 is 0 Å². The van der Waals surface area contributed by atoms with E-state index in [4.69, 9.17) is 16.3 Å². The van der Waals surface area contributed by atoms with Crippen molar-refractivity contribution in [2.24, 2.45) is 0 Å². The molecule has 0 heterocycles. The van der Waals surface area contributed by atoms with Crippen LogP contribution in [0, 0.1) is 10.1 Å². The van der Waals surface area contributed by atoms with Crippen molar-refractivity contribution in [3.8, 4) is 28.0 Å². The number of methoxy groups -OCH3 is 1. The Balaban J connectivity index is 1.92. The minimum atomic E-state index is -1.55. The van der Waals surface area contributed by atoms with E-state index in [9.17, 15) is 15.2 Å². The smallest absolute Gasteiger partial charge is 0.278 e. The Labute approximate surface area is 189 Å². The summed E-state index contributed by atoms with van der Waals surface area (Å²) in [7, 11) is 1.49. The molecule has 158 valence electrons. The van der Waals surface area contributed by atoms with Crippen LogP contribution in [-0.4, -0.2) is 17.1 Å². The molecule has 0 spiro atoms. The average Bonchev–Trinajstić information content (AvgIpc) is 3.08. The Morgan fingerprint density at radius 3 is 1.97 bits per heavy atom. The summed E-state index contributed by atoms with van der Waals surface area (Å²) in [5, 5.41) is 24.5. The zero-order valence-electron chi connectivity index (χ0n) is 17.1. The predicted octanol–water partition coefficient (Wildman–Crippen LogP) is 6.19. The van der Waals surface area contributed by atoms with Crippen molar-refractivity contribution in [2.75, 3.05) is 7.11 Å². The lowest BCUT2D eigenvalue weighted by atomic mass is 9.79. The second kappa shape index (κ2) is 7.48. The zero-order chi connectivity index (χ0) is 22.5. The summed E-state index contributed by atoms with van der Waals surface area (Å²) in [6.45, 7) is 0. The number of ether oxygens (including phenoxy) is 1. The second-order valence-electron chi connectivity index (χ2n) is 7.58. The Morgan fingerprint density at radius 1 is 0.812 bits per heavy atom. The van der Waals surface area contributed by atoms with Crippen LogP contribution < -0.4 is 4.74 Å². The van der Waals surface area contributed by atoms with Crippen molar-refractivity contribution < 1.29 is 14.8 Å². The van der Waals surface area contributed by atoms with E-state index in [2.05, 4.69) is 0 Å². The Hall–Kier alpha value is -3.67. The van der Waals surface area contributed by atoms with Crippen LogP contribution in [0.1, 0.15) is 16.7 Å². The van der Waals surface area contributed by atoms with Crippen LogP contribution in [0.3, 0.4) is 0 Å². The Morgan fingerprint density at radius 2 is 1.38 bits per heavy atom. The minimum absolute atomic E-state index is 0.161. The molecule has 0 bridgehead atoms. The third-order valence-corrected chi connectivity index (χ3v) is 6.31. The third-order valence-electron chi connectivity index (χ3n) is 6.00. The van der Waals surface area contributed by atoms with E-state index in [1.807, 2.05) is 48.5 Å². The van der Waals surface area contributed by atoms with E-state index in [1.54, 1.807) is 24.3 Å². The zero-order valence-corrected chi connectivity index (χ0v) is 17.8. The van der Waals surface area contributed by atoms with Gasteiger partial charge in [-0.2, -0.15) is 0 Å². The fraction of sp³-hybridized carbons (Fsp3) is 0.0769. The van der Waals surface area contributed by atoms with Crippen LogP contribution in [-0.2, 0) is 5.60 Å². The number of hydrogen-bond acceptors (Lipinski definition) is 4. The van der Waals surface area contributed by atoms with Crippen LogP contribution >= 0.6 is 11.6 Å². The predicted molar refractivity (Wildman–Crippen MR) is 124 cm³/mol. The number of fused-ring (bicyclic) bond motifs is 3. The standard InChI is InChI=1S/C26H18ClNO4/c1-32-23-15-6-12-20(24(23)25-21(27)13-7-14-22(25)28(30)31)26(29)18-10-4-2-8-16(18)17-9-3-5-11-19(17)26/h2-15,29H,1H3. The molecule has 4 aromatic carbocycles. The van der Waals surface area contributed by atoms with Gasteiger partial charge in [-0.25, -0.2) is 0 Å². The normalized spacial score (nSPS) is 13.3. The number of nitro groups is 1. The molecular weight excluding hydrogens is 426 g/mol. The number of benzene rings is 4. The largest absolute Gasteiger partial charge is 0.496 e. The first-order chi connectivity index (χ1) is 15.5. The van der Waals surface area contributed by atoms with Crippen molar-refractivity contribution >= 4 is 17.3 Å². The topological polar surface area (TPSA) is 72.6 Å². The minimum Gasteiger partial charge on any atom is -0.496 e. The molecule has 5 nitrogen and oxygen atoms in total. The molecule has 5 rings (SSSR count). The molecule has 0 fully saturated rings. The van der Waals surface area contributed by atoms with Crippen LogP contribution in [0.4, 0.5) is 5.69 Å². The summed E-state index contributed by atoms with van der Waals surface area (Å²) in [4.78, 5) is 11.4. The van der Waals surface area contributed by atoms with Gasteiger partial charge in [0.15, 0.2) is 0 Å². The summed E-state index contributed by atoms with van der Waals surface area (Å²) >= 11 is 6.52. The van der Waals surface area contributed by atoms with Gasteiger partial charge in [-0.05, 0) is 23.3 Å². The first kappa shape index (κ1) is 20.2. The Bertz CT molecular complexity index is 1340. The molecule has 32 heavy (non-hydrogen) atoms. The fourth-order valence-corrected chi connectivity index (χ4v) is 4.94. The molecule has 4 aromatic rings. The lowest BCUT2D eigenvalue weighted by molar-refractivity contribution is -0.384. The first-order valence-electron chi connectivity index (χ1n) is 10.0. The molecule has 0 unspecified atom stereocenters. The summed E-state index contributed by atoms with van der Waals surface area (Å²) in [5.41, 5.74) is 2.57. The van der Waals surface area contributed by atoms with Gasteiger partial charge in [0.2, 0.25) is 0 Å². The van der Waals surface area contributed by atoms with E-state index in [1.165, 1.54) is 19.2 Å². The molecule has 0 aromatic heterocycles. The molecule has 0 atom stereocenters. The van der Waals surface area contributed by atoms with E-state index in [0.29, 0.717) is 28.0 Å². The molecule has 1 aliphatic carbocycles. The van der Waals surface area contributed by atoms with Gasteiger partial charge in [0.25, 0.3) is 5.69 Å². The SMILES string of the molecule is COc1cccc(C2(O)c3ccccc3-c3ccccc32)c1-c1c(Cl)cccc1[N+](=O)[O-]. The quantitative estimate of drug-likeness (QED) is 0.301. The highest BCUT2D eigenvalue weighted by molar-refractivity contribution is 6.34. The van der Waals surface area contributed by atoms with Crippen molar-refractivity contribution in [2.45, 2.75) is 5.60 Å². The monoisotopic (exact) mass is 443 g/mol. The van der Waals surface area contributed by atoms with Crippen molar-refractivity contribution in [1.82, 2.24) is 0 Å². The summed E-state index contributed by atoms with van der Waals surface area (Å²) in [6.07, 6.45) is 0. The van der Waals surface area contributed by atoms with E-state index in [0.717, 1.165) is 11.1 Å². The van der Waals surface area contributed by atoms with Gasteiger partial charge in [0.05, 0.1) is 22.6 Å². The maximum Gasteiger partial charge on any atom is 0.278 e. The van der Waals surface area contributed by atoms with E-state index < -0.39 is 10.5 Å². The summed E-state index contributed by atoms with van der Waals surface area (Å²) < 4.78 is 5.62. The maximum atomic E-state index is 12.4. The number of rotatable bonds is 4. The summed E-state index contributed by atoms with van der Waals surface area (Å²) in [6, 6.07) is 25.0. The highest BCUT2D eigenvalue weighted by Gasteiger charge is 2.45. The second-order valence-corrected chi connectivity index (χ2v) is 7.98. The third kappa shape index (κ3) is 2.75. The summed E-state index contributed by atoms with van der Waals surface area (Å²) in [5.74, 6) is 0.383. The van der Waals surface area contributed by atoms with Crippen LogP contribution in [0.15, 0.2) is 84.9 Å². The lowest BCUT2D eigenvalue weighted by Gasteiger charge is -2.30. The van der Waals surface area contributed by atoms with Gasteiger partial charge in [-0.1, -0.05) is 78.3 Å². The van der Waals surface area contributed by atoms with Crippen LogP contribution in [0.2, 0.25) is 5.02 Å². The van der Waals surface area contributed by atoms with Crippen molar-refractivity contribution in [1.29, 1.82) is 0 Å². The maximum absolute atomic E-state index is 12.4. The number of halogens is 1. The highest BCUT2D eigenvalue weighted by atomic mass is 35.5. The van der Waals surface area contributed by atoms with Gasteiger partial charge in [0.1, 0.15) is 11.4 Å². The van der Waals surface area contributed by atoms with Gasteiger partial charge in [-0.15, -0.1) is 0 Å². The molecule has 0 saturated carbocycles. The van der Waals surface area contributed by atoms with E-state index >= 15 is 0 Å². The van der Waals surface area contributed by atoms with Crippen molar-refractivity contribution in [3.63, 3.8) is 0 Å². The highest BCUT2D eigenvalue weighted by Crippen LogP contribution is 2.55. The fourth-order valence-electron chi connectivity index (χ4n) is 4.68. The molecule has 0 radical (unpaired) electrons. The number of hydrogen-bond donors (Lipinski definition) is 1. The number of nitro benzene ring substituents is 1. The first-order valence-corrected chi connectivity index (χ1v) is 10.4. The van der Waals surface area contributed by atoms with Gasteiger partial charge < -0.3 is 9.84 Å². The van der Waals surface area contributed by atoms with E-state index in [-0.39, 0.29) is 16.3 Å². The number of aliphatic hydroxyl groups is 1. The molecule has 0 saturated heterocycles. The van der Waals surface area contributed by atoms with Gasteiger partial charge in [0, 0.05) is 28.3 Å². The number of nitrogens with zero attached hydrogens (tertiary/aromatic N) is 1.